The van der Waals surface area contributed by atoms with Gasteiger partial charge in [0.25, 0.3) is 0 Å². The fourth-order valence-corrected chi connectivity index (χ4v) is 1.72. The molecule has 0 amide bonds. The van der Waals surface area contributed by atoms with E-state index < -0.39 is 20.8 Å². The Hall–Kier alpha value is -1.44. The van der Waals surface area contributed by atoms with E-state index in [1.165, 1.54) is 0 Å². The Morgan fingerprint density at radius 2 is 1.29 bits per heavy atom. The first kappa shape index (κ1) is 19.6. The summed E-state index contributed by atoms with van der Waals surface area (Å²) in [4.78, 5) is 4.38. The third-order valence-electron chi connectivity index (χ3n) is 1.78. The molecule has 1 aliphatic heterocycles. The lowest BCUT2D eigenvalue weighted by Gasteiger charge is -2.18. The maximum atomic E-state index is 9.51. The summed E-state index contributed by atoms with van der Waals surface area (Å²) in [6.45, 7) is 10.2. The first-order chi connectivity index (χ1) is 9.57. The molecule has 10 nitrogen and oxygen atoms in total. The lowest BCUT2D eigenvalue weighted by Crippen LogP contribution is -2.25. The highest BCUT2D eigenvalue weighted by Crippen LogP contribution is 2.04. The van der Waals surface area contributed by atoms with Crippen molar-refractivity contribution in [2.45, 2.75) is 0 Å². The van der Waals surface area contributed by atoms with Gasteiger partial charge in [-0.3, -0.25) is 9.11 Å². The topological polar surface area (TPSA) is 134 Å². The van der Waals surface area contributed by atoms with E-state index in [0.29, 0.717) is 0 Å². The van der Waals surface area contributed by atoms with Gasteiger partial charge < -0.3 is 9.80 Å². The summed E-state index contributed by atoms with van der Waals surface area (Å²) in [6, 6.07) is 0. The minimum atomic E-state index is -5.02. The van der Waals surface area contributed by atoms with Crippen LogP contribution in [0.5, 0.6) is 0 Å². The SMILES string of the molecule is C=CCN1C=CN(CC=C)C1.O=S(=O)(O)OOS(=O)(=O)O. The van der Waals surface area contributed by atoms with E-state index in [1.54, 1.807) is 0 Å². The second-order valence-corrected chi connectivity index (χ2v) is 5.53. The molecule has 0 aromatic carbocycles. The first-order valence-corrected chi connectivity index (χ1v) is 8.01. The molecule has 1 aliphatic rings. The lowest BCUT2D eigenvalue weighted by molar-refractivity contribution is -0.105. The molecule has 0 atom stereocenters. The zero-order valence-corrected chi connectivity index (χ0v) is 12.5. The average molecular weight is 344 g/mol. The maximum Gasteiger partial charge on any atom is 0.425 e. The van der Waals surface area contributed by atoms with Crippen molar-refractivity contribution in [3.8, 4) is 0 Å². The number of rotatable bonds is 7. The van der Waals surface area contributed by atoms with Crippen LogP contribution in [0.3, 0.4) is 0 Å². The van der Waals surface area contributed by atoms with E-state index in [2.05, 4.69) is 44.0 Å². The average Bonchev–Trinajstić information content (AvgIpc) is 2.75. The predicted octanol–water partition coefficient (Wildman–Crippen LogP) is -0.0551. The Bertz CT molecular complexity index is 519. The fourth-order valence-electron chi connectivity index (χ4n) is 1.16. The third kappa shape index (κ3) is 12.0. The van der Waals surface area contributed by atoms with Crippen LogP contribution in [-0.2, 0) is 29.5 Å². The van der Waals surface area contributed by atoms with Crippen molar-refractivity contribution in [3.05, 3.63) is 37.7 Å². The molecular formula is C9H16N2O8S2. The molecule has 122 valence electrons. The van der Waals surface area contributed by atoms with Crippen LogP contribution >= 0.6 is 0 Å². The summed E-state index contributed by atoms with van der Waals surface area (Å²) in [5, 5.41) is 0. The number of hydrogen-bond donors (Lipinski definition) is 2. The van der Waals surface area contributed by atoms with Crippen LogP contribution in [0, 0.1) is 0 Å². The van der Waals surface area contributed by atoms with E-state index in [1.807, 2.05) is 12.2 Å². The summed E-state index contributed by atoms with van der Waals surface area (Å²) >= 11 is 0. The molecule has 0 radical (unpaired) electrons. The minimum Gasteiger partial charge on any atom is -0.355 e. The van der Waals surface area contributed by atoms with Gasteiger partial charge in [-0.25, -0.2) is 0 Å². The third-order valence-corrected chi connectivity index (χ3v) is 2.34. The van der Waals surface area contributed by atoms with Gasteiger partial charge in [0.1, 0.15) is 0 Å². The summed E-state index contributed by atoms with van der Waals surface area (Å²) in [5.74, 6) is 0. The van der Waals surface area contributed by atoms with E-state index in [9.17, 15) is 16.8 Å². The van der Waals surface area contributed by atoms with Crippen molar-refractivity contribution in [2.75, 3.05) is 19.8 Å². The summed E-state index contributed by atoms with van der Waals surface area (Å²) in [5.41, 5.74) is 0. The van der Waals surface area contributed by atoms with Gasteiger partial charge in [-0.2, -0.15) is 16.8 Å². The Morgan fingerprint density at radius 1 is 0.952 bits per heavy atom. The fraction of sp³-hybridized carbons (Fsp3) is 0.333. The molecule has 0 saturated carbocycles. The highest BCUT2D eigenvalue weighted by molar-refractivity contribution is 7.83. The number of hydrogen-bond acceptors (Lipinski definition) is 8. The van der Waals surface area contributed by atoms with E-state index >= 15 is 0 Å². The Balaban J connectivity index is 0.000000384. The van der Waals surface area contributed by atoms with Crippen LogP contribution in [0.4, 0.5) is 0 Å². The van der Waals surface area contributed by atoms with Gasteiger partial charge in [-0.15, -0.1) is 13.2 Å². The highest BCUT2D eigenvalue weighted by Gasteiger charge is 2.13. The van der Waals surface area contributed by atoms with Crippen LogP contribution in [0.15, 0.2) is 37.7 Å². The monoisotopic (exact) mass is 344 g/mol. The highest BCUT2D eigenvalue weighted by atomic mass is 32.3. The molecule has 0 fully saturated rings. The molecule has 12 heteroatoms. The van der Waals surface area contributed by atoms with Gasteiger partial charge in [0.05, 0.1) is 6.67 Å². The van der Waals surface area contributed by atoms with E-state index in [-0.39, 0.29) is 0 Å². The Kier molecular flexibility index (Phi) is 8.16. The van der Waals surface area contributed by atoms with Crippen molar-refractivity contribution < 1.29 is 34.6 Å². The van der Waals surface area contributed by atoms with Crippen LogP contribution in [0.1, 0.15) is 0 Å². The first-order valence-electron chi connectivity index (χ1n) is 5.28. The van der Waals surface area contributed by atoms with Crippen molar-refractivity contribution in [1.82, 2.24) is 9.80 Å². The van der Waals surface area contributed by atoms with Crippen LogP contribution in [0.25, 0.3) is 0 Å². The van der Waals surface area contributed by atoms with Gasteiger partial charge in [0.2, 0.25) is 0 Å². The molecule has 1 heterocycles. The van der Waals surface area contributed by atoms with Crippen molar-refractivity contribution in [1.29, 1.82) is 0 Å². The Morgan fingerprint density at radius 3 is 1.52 bits per heavy atom. The Labute approximate surface area is 123 Å². The van der Waals surface area contributed by atoms with Crippen molar-refractivity contribution in [3.63, 3.8) is 0 Å². The second kappa shape index (κ2) is 8.76. The molecule has 0 aliphatic carbocycles. The lowest BCUT2D eigenvalue weighted by atomic mass is 10.5. The van der Waals surface area contributed by atoms with E-state index in [4.69, 9.17) is 9.11 Å². The van der Waals surface area contributed by atoms with Gasteiger partial charge in [0, 0.05) is 25.5 Å². The smallest absolute Gasteiger partial charge is 0.355 e. The van der Waals surface area contributed by atoms with Gasteiger partial charge >= 0.3 is 20.8 Å². The molecule has 0 bridgehead atoms. The molecule has 0 unspecified atom stereocenters. The quantitative estimate of drug-likeness (QED) is 0.280. The minimum absolute atomic E-state index is 0.921. The molecule has 21 heavy (non-hydrogen) atoms. The molecule has 0 aromatic rings. The van der Waals surface area contributed by atoms with Crippen LogP contribution < -0.4 is 0 Å². The van der Waals surface area contributed by atoms with Gasteiger partial charge in [-0.05, 0) is 0 Å². The predicted molar refractivity (Wildman–Crippen MR) is 73.1 cm³/mol. The van der Waals surface area contributed by atoms with Gasteiger partial charge in [-0.1, -0.05) is 20.8 Å². The van der Waals surface area contributed by atoms with E-state index in [0.717, 1.165) is 19.8 Å². The molecule has 0 spiro atoms. The van der Waals surface area contributed by atoms with Crippen molar-refractivity contribution >= 4 is 20.8 Å². The molecular weight excluding hydrogens is 328 g/mol. The number of nitrogens with zero attached hydrogens (tertiary/aromatic N) is 2. The summed E-state index contributed by atoms with van der Waals surface area (Å²) < 4.78 is 58.9. The van der Waals surface area contributed by atoms with Gasteiger partial charge in [0.15, 0.2) is 0 Å². The second-order valence-electron chi connectivity index (χ2n) is 3.55. The standard InChI is InChI=1S/C9H14N2.H2O8S2/c1-3-5-10-7-8-11(9-10)6-4-2;1-9(2,3)7-8-10(4,5)6/h3-4,7-8H,1-2,5-6,9H2;(H,1,2,3)(H,4,5,6). The largest absolute Gasteiger partial charge is 0.425 e. The molecule has 1 rings (SSSR count). The van der Waals surface area contributed by atoms with Crippen LogP contribution in [-0.4, -0.2) is 55.5 Å². The summed E-state index contributed by atoms with van der Waals surface area (Å²) in [6.07, 6.45) is 7.96. The normalized spacial score (nSPS) is 14.6. The molecule has 0 saturated heterocycles. The summed E-state index contributed by atoms with van der Waals surface area (Å²) in [7, 11) is -10.0. The van der Waals surface area contributed by atoms with Crippen molar-refractivity contribution in [2.24, 2.45) is 0 Å². The molecule has 0 aromatic heterocycles. The maximum absolute atomic E-state index is 9.51. The zero-order valence-electron chi connectivity index (χ0n) is 10.9. The zero-order chi connectivity index (χ0) is 16.5. The van der Waals surface area contributed by atoms with Crippen LogP contribution in [0.2, 0.25) is 0 Å². The molecule has 2 N–H and O–H groups in total.